The molecule has 1 aliphatic heterocycles. The first-order valence-corrected chi connectivity index (χ1v) is 21.4. The van der Waals surface area contributed by atoms with Crippen LogP contribution in [0.15, 0.2) is 41.7 Å². The van der Waals surface area contributed by atoms with Crippen LogP contribution in [0.4, 0.5) is 0 Å². The number of likely N-dealkylation sites (N-methyl/N-ethyl adjacent to an activating group) is 2. The molecule has 0 radical (unpaired) electrons. The second-order valence-electron chi connectivity index (χ2n) is 11.2. The standard InChI is InChI=1S/C23H41N2P.C7H6.2ClH.Ru/c1-24-17-18-25(2)23(24)21-15-9-10-16-22(21)26(19-11-5-3-6-12-19)20-13-7-4-8-14-20;1-7-5-3-2-4-6-7;;;/h19-20,22H,3-18H2,1-2H3;1-6H;2*1H;/q;;;;+2/p-2. The number of halogens is 2. The van der Waals surface area contributed by atoms with E-state index in [0.29, 0.717) is 0 Å². The van der Waals surface area contributed by atoms with Crippen LogP contribution in [0.1, 0.15) is 95.5 Å². The van der Waals surface area contributed by atoms with Crippen LogP contribution in [-0.4, -0.2) is 58.6 Å². The molecule has 5 rings (SSSR count). The molecule has 0 bridgehead atoms. The monoisotopic (exact) mass is 638 g/mol. The summed E-state index contributed by atoms with van der Waals surface area (Å²) >= 11 is -1.61. The van der Waals surface area contributed by atoms with E-state index in [1.807, 2.05) is 40.5 Å². The van der Waals surface area contributed by atoms with Crippen molar-refractivity contribution in [3.63, 3.8) is 0 Å². The number of allylic oxidation sites excluding steroid dienone is 1. The molecule has 1 heterocycles. The van der Waals surface area contributed by atoms with Gasteiger partial charge in [-0.15, -0.1) is 0 Å². The molecule has 4 aliphatic rings. The number of hydrogen-bond donors (Lipinski definition) is 0. The molecule has 0 aromatic heterocycles. The van der Waals surface area contributed by atoms with Crippen LogP contribution in [0.2, 0.25) is 0 Å². The van der Waals surface area contributed by atoms with E-state index in [-0.39, 0.29) is 7.92 Å². The Morgan fingerprint density at radius 1 is 0.750 bits per heavy atom. The zero-order valence-corrected chi connectivity index (χ0v) is 26.6. The maximum absolute atomic E-state index is 5.67. The van der Waals surface area contributed by atoms with E-state index >= 15 is 0 Å². The van der Waals surface area contributed by atoms with Gasteiger partial charge in [-0.3, -0.25) is 0 Å². The van der Waals surface area contributed by atoms with Crippen LogP contribution in [0.3, 0.4) is 0 Å². The topological polar surface area (TPSA) is 6.48 Å². The normalized spacial score (nSPS) is 24.6. The van der Waals surface area contributed by atoms with Crippen molar-refractivity contribution in [2.24, 2.45) is 0 Å². The first-order valence-electron chi connectivity index (χ1n) is 14.4. The molecule has 1 saturated heterocycles. The molecule has 0 spiro atoms. The molecule has 3 aliphatic carbocycles. The fraction of sp³-hybridized carbons (Fsp3) is 0.700. The average molecular weight is 639 g/mol. The van der Waals surface area contributed by atoms with Crippen LogP contribution >= 0.6 is 27.3 Å². The van der Waals surface area contributed by atoms with Gasteiger partial charge in [0.25, 0.3) is 0 Å². The summed E-state index contributed by atoms with van der Waals surface area (Å²) in [7, 11) is 16.2. The summed E-state index contributed by atoms with van der Waals surface area (Å²) in [6.07, 6.45) is 21.2. The minimum atomic E-state index is -1.61. The van der Waals surface area contributed by atoms with Crippen molar-refractivity contribution < 1.29 is 13.5 Å². The Bertz CT molecular complexity index is 831. The van der Waals surface area contributed by atoms with Crippen molar-refractivity contribution in [2.75, 3.05) is 27.2 Å². The molecule has 204 valence electrons. The number of benzene rings is 1. The molecule has 36 heavy (non-hydrogen) atoms. The maximum atomic E-state index is 5.67. The van der Waals surface area contributed by atoms with Crippen LogP contribution in [-0.2, 0) is 13.5 Å². The molecule has 1 unspecified atom stereocenters. The Morgan fingerprint density at radius 2 is 1.28 bits per heavy atom. The van der Waals surface area contributed by atoms with Gasteiger partial charge in [-0.1, -0.05) is 52.9 Å². The van der Waals surface area contributed by atoms with Gasteiger partial charge in [0.15, 0.2) is 0 Å². The van der Waals surface area contributed by atoms with Crippen molar-refractivity contribution >= 4 is 31.9 Å². The molecule has 0 amide bonds. The van der Waals surface area contributed by atoms with Crippen molar-refractivity contribution in [2.45, 2.75) is 107 Å². The predicted molar refractivity (Wildman–Crippen MR) is 159 cm³/mol. The van der Waals surface area contributed by atoms with E-state index in [0.717, 1.165) is 22.5 Å². The molecular formula is C30H47Cl2N2PRu. The Hall–Kier alpha value is 0.0634. The Balaban J connectivity index is 0.000000256. The SMILES string of the molecule is CN1CCN(C)C1=C1CCCCC1P(C1CCCCC1)C1CCCCC1.[Cl][Ru]([Cl])=[CH]c1ccccc1. The van der Waals surface area contributed by atoms with Crippen LogP contribution < -0.4 is 0 Å². The van der Waals surface area contributed by atoms with Gasteiger partial charge in [0.2, 0.25) is 0 Å². The van der Waals surface area contributed by atoms with Crippen molar-refractivity contribution in [1.29, 1.82) is 0 Å². The minimum absolute atomic E-state index is 0.180. The van der Waals surface area contributed by atoms with E-state index < -0.39 is 13.5 Å². The van der Waals surface area contributed by atoms with Crippen molar-refractivity contribution in [1.82, 2.24) is 9.80 Å². The number of nitrogens with zero attached hydrogens (tertiary/aromatic N) is 2. The summed E-state index contributed by atoms with van der Waals surface area (Å²) in [5.41, 5.74) is 6.17. The van der Waals surface area contributed by atoms with Gasteiger partial charge in [0, 0.05) is 32.8 Å². The van der Waals surface area contributed by atoms with E-state index in [9.17, 15) is 0 Å². The van der Waals surface area contributed by atoms with E-state index in [1.165, 1.54) is 77.3 Å². The molecule has 1 aromatic carbocycles. The zero-order valence-electron chi connectivity index (χ0n) is 22.5. The summed E-state index contributed by atoms with van der Waals surface area (Å²) in [4.78, 5) is 5.17. The second-order valence-corrected chi connectivity index (χ2v) is 19.9. The third kappa shape index (κ3) is 8.04. The van der Waals surface area contributed by atoms with E-state index in [1.54, 1.807) is 31.5 Å². The molecule has 1 atom stereocenters. The third-order valence-electron chi connectivity index (χ3n) is 8.70. The molecule has 6 heteroatoms. The van der Waals surface area contributed by atoms with Crippen LogP contribution in [0.5, 0.6) is 0 Å². The van der Waals surface area contributed by atoms with Crippen molar-refractivity contribution in [3.05, 3.63) is 47.3 Å². The average Bonchev–Trinajstić information content (AvgIpc) is 3.24. The molecule has 2 nitrogen and oxygen atoms in total. The summed E-state index contributed by atoms with van der Waals surface area (Å²) in [5.74, 6) is 1.65. The number of rotatable bonds is 4. The van der Waals surface area contributed by atoms with Gasteiger partial charge < -0.3 is 9.80 Å². The van der Waals surface area contributed by atoms with Gasteiger partial charge in [-0.2, -0.15) is 0 Å². The van der Waals surface area contributed by atoms with Crippen LogP contribution in [0, 0.1) is 0 Å². The quantitative estimate of drug-likeness (QED) is 0.240. The molecule has 1 aromatic rings. The summed E-state index contributed by atoms with van der Waals surface area (Å²) in [6, 6.07) is 9.89. The fourth-order valence-corrected chi connectivity index (χ4v) is 13.5. The first-order chi connectivity index (χ1) is 17.5. The molecule has 4 fully saturated rings. The molecule has 3 saturated carbocycles. The second kappa shape index (κ2) is 15.0. The summed E-state index contributed by atoms with van der Waals surface area (Å²) < 4.78 is 1.92. The van der Waals surface area contributed by atoms with E-state index in [2.05, 4.69) is 23.9 Å². The molecular weight excluding hydrogens is 591 g/mol. The predicted octanol–water partition coefficient (Wildman–Crippen LogP) is 8.93. The molecule has 0 N–H and O–H groups in total. The Morgan fingerprint density at radius 3 is 1.81 bits per heavy atom. The fourth-order valence-electron chi connectivity index (χ4n) is 7.05. The summed E-state index contributed by atoms with van der Waals surface area (Å²) in [5, 5.41) is 0. The van der Waals surface area contributed by atoms with Gasteiger partial charge in [-0.05, 0) is 61.8 Å². The van der Waals surface area contributed by atoms with Gasteiger partial charge >= 0.3 is 73.4 Å². The van der Waals surface area contributed by atoms with Crippen LogP contribution in [0.25, 0.3) is 0 Å². The third-order valence-corrected chi connectivity index (χ3v) is 14.6. The van der Waals surface area contributed by atoms with Gasteiger partial charge in [-0.25, -0.2) is 0 Å². The summed E-state index contributed by atoms with van der Waals surface area (Å²) in [6.45, 7) is 2.46. The van der Waals surface area contributed by atoms with Gasteiger partial charge in [0.05, 0.1) is 0 Å². The van der Waals surface area contributed by atoms with Gasteiger partial charge in [0.1, 0.15) is 5.82 Å². The Labute approximate surface area is 235 Å². The van der Waals surface area contributed by atoms with E-state index in [4.69, 9.17) is 19.4 Å². The zero-order chi connectivity index (χ0) is 25.3. The first kappa shape index (κ1) is 29.1. The Kier molecular flexibility index (Phi) is 12.1. The number of hydrogen-bond acceptors (Lipinski definition) is 2. The van der Waals surface area contributed by atoms with Crippen molar-refractivity contribution in [3.8, 4) is 0 Å².